The predicted octanol–water partition coefficient (Wildman–Crippen LogP) is 2.26. The maximum atomic E-state index is 13.9. The van der Waals surface area contributed by atoms with E-state index in [9.17, 15) is 9.18 Å². The molecule has 0 aliphatic carbocycles. The zero-order valence-corrected chi connectivity index (χ0v) is 15.3. The second-order valence-electron chi connectivity index (χ2n) is 7.35. The van der Waals surface area contributed by atoms with E-state index >= 15 is 0 Å². The lowest BCUT2D eigenvalue weighted by Crippen LogP contribution is -2.47. The average molecular weight is 350 g/mol. The van der Waals surface area contributed by atoms with Gasteiger partial charge in [0.15, 0.2) is 11.6 Å². The Morgan fingerprint density at radius 1 is 1.32 bits per heavy atom. The third-order valence-electron chi connectivity index (χ3n) is 5.80. The van der Waals surface area contributed by atoms with Crippen LogP contribution in [0.25, 0.3) is 0 Å². The third-order valence-corrected chi connectivity index (χ3v) is 5.80. The van der Waals surface area contributed by atoms with Crippen LogP contribution in [-0.2, 0) is 4.74 Å². The number of benzene rings is 1. The van der Waals surface area contributed by atoms with Crippen molar-refractivity contribution >= 4 is 5.91 Å². The van der Waals surface area contributed by atoms with Gasteiger partial charge in [0, 0.05) is 44.8 Å². The van der Waals surface area contributed by atoms with Crippen LogP contribution in [0.4, 0.5) is 4.39 Å². The molecule has 1 atom stereocenters. The van der Waals surface area contributed by atoms with E-state index in [1.807, 2.05) is 4.90 Å². The van der Waals surface area contributed by atoms with Crippen LogP contribution in [0.2, 0.25) is 0 Å². The first kappa shape index (κ1) is 18.1. The van der Waals surface area contributed by atoms with Crippen molar-refractivity contribution in [2.75, 3.05) is 54.1 Å². The molecule has 1 aromatic carbocycles. The largest absolute Gasteiger partial charge is 0.494 e. The second-order valence-corrected chi connectivity index (χ2v) is 7.35. The SMILES string of the molecule is COCC1CN(C)CC12CCN(C(=O)c1ccc(OC)c(F)c1)CC2. The number of hydrogen-bond acceptors (Lipinski definition) is 4. The molecule has 1 aromatic rings. The molecule has 3 rings (SSSR count). The first-order chi connectivity index (χ1) is 12.0. The van der Waals surface area contributed by atoms with Crippen molar-refractivity contribution in [3.8, 4) is 5.75 Å². The summed E-state index contributed by atoms with van der Waals surface area (Å²) in [5, 5.41) is 0. The normalized spacial score (nSPS) is 23.2. The molecule has 0 radical (unpaired) electrons. The minimum absolute atomic E-state index is 0.106. The van der Waals surface area contributed by atoms with Crippen LogP contribution < -0.4 is 4.74 Å². The number of carbonyl (C=O) groups is 1. The molecule has 2 aliphatic rings. The molecule has 138 valence electrons. The van der Waals surface area contributed by atoms with E-state index in [0.29, 0.717) is 24.6 Å². The Kier molecular flexibility index (Phi) is 5.29. The van der Waals surface area contributed by atoms with Gasteiger partial charge in [-0.25, -0.2) is 4.39 Å². The van der Waals surface area contributed by atoms with Gasteiger partial charge < -0.3 is 19.3 Å². The van der Waals surface area contributed by atoms with Crippen molar-refractivity contribution < 1.29 is 18.7 Å². The van der Waals surface area contributed by atoms with Crippen molar-refractivity contribution in [3.05, 3.63) is 29.6 Å². The third kappa shape index (κ3) is 3.51. The van der Waals surface area contributed by atoms with Crippen molar-refractivity contribution in [2.24, 2.45) is 11.3 Å². The molecule has 2 fully saturated rings. The molecule has 0 saturated carbocycles. The van der Waals surface area contributed by atoms with Crippen LogP contribution in [0.5, 0.6) is 5.75 Å². The highest BCUT2D eigenvalue weighted by Gasteiger charge is 2.47. The smallest absolute Gasteiger partial charge is 0.253 e. The van der Waals surface area contributed by atoms with E-state index in [0.717, 1.165) is 32.5 Å². The molecular formula is C19H27FN2O3. The second kappa shape index (κ2) is 7.30. The van der Waals surface area contributed by atoms with Crippen molar-refractivity contribution in [1.82, 2.24) is 9.80 Å². The quantitative estimate of drug-likeness (QED) is 0.835. The van der Waals surface area contributed by atoms with Crippen LogP contribution in [0.1, 0.15) is 23.2 Å². The molecule has 0 bridgehead atoms. The molecule has 25 heavy (non-hydrogen) atoms. The number of likely N-dealkylation sites (tertiary alicyclic amines) is 2. The minimum atomic E-state index is -0.501. The maximum absolute atomic E-state index is 13.9. The van der Waals surface area contributed by atoms with E-state index in [1.165, 1.54) is 19.2 Å². The van der Waals surface area contributed by atoms with E-state index in [2.05, 4.69) is 11.9 Å². The van der Waals surface area contributed by atoms with Gasteiger partial charge in [-0.1, -0.05) is 0 Å². The molecule has 1 amide bonds. The summed E-state index contributed by atoms with van der Waals surface area (Å²) in [6.07, 6.45) is 1.94. The van der Waals surface area contributed by atoms with Gasteiger partial charge in [-0.05, 0) is 43.5 Å². The fourth-order valence-corrected chi connectivity index (χ4v) is 4.44. The molecule has 1 spiro atoms. The van der Waals surface area contributed by atoms with E-state index < -0.39 is 5.82 Å². The molecule has 1 unspecified atom stereocenters. The Bertz CT molecular complexity index is 629. The molecular weight excluding hydrogens is 323 g/mol. The fraction of sp³-hybridized carbons (Fsp3) is 0.632. The van der Waals surface area contributed by atoms with Crippen molar-refractivity contribution in [2.45, 2.75) is 12.8 Å². The molecule has 0 N–H and O–H groups in total. The van der Waals surface area contributed by atoms with Gasteiger partial charge in [0.25, 0.3) is 5.91 Å². The number of carbonyl (C=O) groups excluding carboxylic acids is 1. The van der Waals surface area contributed by atoms with Crippen LogP contribution in [0.15, 0.2) is 18.2 Å². The first-order valence-electron chi connectivity index (χ1n) is 8.79. The number of halogens is 1. The van der Waals surface area contributed by atoms with E-state index in [4.69, 9.17) is 9.47 Å². The maximum Gasteiger partial charge on any atom is 0.253 e. The fourth-order valence-electron chi connectivity index (χ4n) is 4.44. The zero-order chi connectivity index (χ0) is 18.0. The van der Waals surface area contributed by atoms with Gasteiger partial charge in [-0.15, -0.1) is 0 Å². The Morgan fingerprint density at radius 2 is 2.04 bits per heavy atom. The van der Waals surface area contributed by atoms with Gasteiger partial charge in [0.2, 0.25) is 0 Å². The zero-order valence-electron chi connectivity index (χ0n) is 15.3. The summed E-state index contributed by atoms with van der Waals surface area (Å²) in [6.45, 7) is 4.29. The summed E-state index contributed by atoms with van der Waals surface area (Å²) in [4.78, 5) is 16.9. The van der Waals surface area contributed by atoms with Crippen molar-refractivity contribution in [1.29, 1.82) is 0 Å². The lowest BCUT2D eigenvalue weighted by Gasteiger charge is -2.42. The molecule has 0 aromatic heterocycles. The van der Waals surface area contributed by atoms with E-state index in [-0.39, 0.29) is 17.1 Å². The number of hydrogen-bond donors (Lipinski definition) is 0. The molecule has 2 heterocycles. The topological polar surface area (TPSA) is 42.0 Å². The monoisotopic (exact) mass is 350 g/mol. The van der Waals surface area contributed by atoms with Crippen LogP contribution >= 0.6 is 0 Å². The number of nitrogens with zero attached hydrogens (tertiary/aromatic N) is 2. The van der Waals surface area contributed by atoms with Crippen LogP contribution in [0, 0.1) is 17.2 Å². The summed E-state index contributed by atoms with van der Waals surface area (Å²) < 4.78 is 24.2. The summed E-state index contributed by atoms with van der Waals surface area (Å²) in [5.41, 5.74) is 0.610. The lowest BCUT2D eigenvalue weighted by atomic mass is 9.71. The van der Waals surface area contributed by atoms with Gasteiger partial charge in [-0.3, -0.25) is 4.79 Å². The van der Waals surface area contributed by atoms with Gasteiger partial charge in [0.05, 0.1) is 13.7 Å². The number of methoxy groups -OCH3 is 2. The Balaban J connectivity index is 1.67. The molecule has 6 heteroatoms. The first-order valence-corrected chi connectivity index (χ1v) is 8.79. The average Bonchev–Trinajstić information content (AvgIpc) is 2.90. The number of ether oxygens (including phenoxy) is 2. The standard InChI is InChI=1S/C19H27FN2O3/c1-21-11-15(12-24-2)19(13-21)6-8-22(9-7-19)18(23)14-4-5-17(25-3)16(20)10-14/h4-5,10,15H,6-9,11-13H2,1-3H3. The van der Waals surface area contributed by atoms with Gasteiger partial charge in [0.1, 0.15) is 0 Å². The molecule has 2 aliphatic heterocycles. The Labute approximate surface area is 148 Å². The summed E-state index contributed by atoms with van der Waals surface area (Å²) >= 11 is 0. The number of piperidine rings is 1. The van der Waals surface area contributed by atoms with Gasteiger partial charge in [-0.2, -0.15) is 0 Å². The minimum Gasteiger partial charge on any atom is -0.494 e. The highest BCUT2D eigenvalue weighted by Crippen LogP contribution is 2.44. The highest BCUT2D eigenvalue weighted by molar-refractivity contribution is 5.94. The number of amides is 1. The molecule has 5 nitrogen and oxygen atoms in total. The summed E-state index contributed by atoms with van der Waals surface area (Å²) in [5.74, 6) is 0.0641. The highest BCUT2D eigenvalue weighted by atomic mass is 19.1. The Morgan fingerprint density at radius 3 is 2.64 bits per heavy atom. The summed E-state index contributed by atoms with van der Waals surface area (Å²) in [7, 11) is 5.32. The van der Waals surface area contributed by atoms with E-state index in [1.54, 1.807) is 13.2 Å². The molecule has 2 saturated heterocycles. The van der Waals surface area contributed by atoms with Crippen LogP contribution in [-0.4, -0.2) is 69.8 Å². The number of rotatable bonds is 4. The van der Waals surface area contributed by atoms with Crippen molar-refractivity contribution in [3.63, 3.8) is 0 Å². The Hall–Kier alpha value is -1.66. The van der Waals surface area contributed by atoms with Gasteiger partial charge >= 0.3 is 0 Å². The van der Waals surface area contributed by atoms with Crippen LogP contribution in [0.3, 0.4) is 0 Å². The lowest BCUT2D eigenvalue weighted by molar-refractivity contribution is 0.0324. The predicted molar refractivity (Wildman–Crippen MR) is 93.4 cm³/mol. The summed E-state index contributed by atoms with van der Waals surface area (Å²) in [6, 6.07) is 4.41.